The van der Waals surface area contributed by atoms with Crippen LogP contribution in [-0.4, -0.2) is 5.91 Å². The fourth-order valence-electron chi connectivity index (χ4n) is 3.75. The van der Waals surface area contributed by atoms with E-state index < -0.39 is 5.91 Å². The molecule has 0 radical (unpaired) electrons. The van der Waals surface area contributed by atoms with Gasteiger partial charge in [-0.1, -0.05) is 56.5 Å². The van der Waals surface area contributed by atoms with Crippen molar-refractivity contribution in [3.05, 3.63) is 94.5 Å². The van der Waals surface area contributed by atoms with Gasteiger partial charge in [0.2, 0.25) is 5.91 Å². The zero-order valence-electron chi connectivity index (χ0n) is 20.0. The van der Waals surface area contributed by atoms with Crippen molar-refractivity contribution >= 4 is 5.91 Å². The zero-order chi connectivity index (χ0) is 23.6. The standard InChI is InChI=1S/C29H35NO3/c1-4-5-6-7-8-28(24-11-13-25(14-12-24)29(30)31)33-27-17-15-26(16-18-27)32-20-23-10-9-21(2)22(3)19-23/h9-19,28H,4-8,20H2,1-3H3,(H2,30,31). The van der Waals surface area contributed by atoms with Gasteiger partial charge in [0, 0.05) is 5.56 Å². The van der Waals surface area contributed by atoms with Gasteiger partial charge in [0.15, 0.2) is 0 Å². The molecule has 0 aliphatic heterocycles. The molecule has 0 spiro atoms. The number of rotatable bonds is 12. The lowest BCUT2D eigenvalue weighted by molar-refractivity contribution is 0.1000. The molecule has 3 aromatic carbocycles. The molecule has 4 heteroatoms. The van der Waals surface area contributed by atoms with E-state index in [0.717, 1.165) is 35.5 Å². The molecule has 33 heavy (non-hydrogen) atoms. The highest BCUT2D eigenvalue weighted by Gasteiger charge is 2.14. The summed E-state index contributed by atoms with van der Waals surface area (Å²) in [7, 11) is 0. The summed E-state index contributed by atoms with van der Waals surface area (Å²) in [5.41, 5.74) is 10.7. The smallest absolute Gasteiger partial charge is 0.248 e. The Hall–Kier alpha value is -3.27. The molecule has 1 amide bonds. The van der Waals surface area contributed by atoms with E-state index in [2.05, 4.69) is 39.0 Å². The number of hydrogen-bond acceptors (Lipinski definition) is 3. The summed E-state index contributed by atoms with van der Waals surface area (Å²) < 4.78 is 12.3. The van der Waals surface area contributed by atoms with E-state index in [0.29, 0.717) is 12.2 Å². The first-order chi connectivity index (χ1) is 16.0. The Morgan fingerprint density at radius 2 is 1.55 bits per heavy atom. The highest BCUT2D eigenvalue weighted by atomic mass is 16.5. The minimum Gasteiger partial charge on any atom is -0.489 e. The highest BCUT2D eigenvalue weighted by Crippen LogP contribution is 2.29. The maximum absolute atomic E-state index is 11.4. The van der Waals surface area contributed by atoms with Gasteiger partial charge in [-0.3, -0.25) is 4.79 Å². The Labute approximate surface area is 197 Å². The van der Waals surface area contributed by atoms with E-state index in [4.69, 9.17) is 15.2 Å². The van der Waals surface area contributed by atoms with E-state index in [9.17, 15) is 4.79 Å². The minimum absolute atomic E-state index is 0.0777. The molecular formula is C29H35NO3. The van der Waals surface area contributed by atoms with Gasteiger partial charge in [0.1, 0.15) is 24.2 Å². The van der Waals surface area contributed by atoms with Crippen LogP contribution in [0, 0.1) is 13.8 Å². The average molecular weight is 446 g/mol. The highest BCUT2D eigenvalue weighted by molar-refractivity contribution is 5.92. The van der Waals surface area contributed by atoms with Crippen molar-refractivity contribution in [2.45, 2.75) is 65.6 Å². The van der Waals surface area contributed by atoms with Crippen LogP contribution in [0.25, 0.3) is 0 Å². The zero-order valence-corrected chi connectivity index (χ0v) is 20.0. The summed E-state index contributed by atoms with van der Waals surface area (Å²) in [5.74, 6) is 1.19. The van der Waals surface area contributed by atoms with Crippen molar-refractivity contribution in [3.8, 4) is 11.5 Å². The molecule has 0 fully saturated rings. The second-order valence-corrected chi connectivity index (χ2v) is 8.62. The third-order valence-corrected chi connectivity index (χ3v) is 5.97. The maximum atomic E-state index is 11.4. The number of benzene rings is 3. The first-order valence-corrected chi connectivity index (χ1v) is 11.8. The van der Waals surface area contributed by atoms with Gasteiger partial charge in [-0.2, -0.15) is 0 Å². The quantitative estimate of drug-likeness (QED) is 0.303. The Morgan fingerprint density at radius 1 is 0.848 bits per heavy atom. The predicted molar refractivity (Wildman–Crippen MR) is 134 cm³/mol. The second-order valence-electron chi connectivity index (χ2n) is 8.62. The molecule has 2 N–H and O–H groups in total. The minimum atomic E-state index is -0.418. The summed E-state index contributed by atoms with van der Waals surface area (Å²) in [6, 6.07) is 21.6. The molecule has 4 nitrogen and oxygen atoms in total. The van der Waals surface area contributed by atoms with Gasteiger partial charge in [0.25, 0.3) is 0 Å². The second kappa shape index (κ2) is 12.1. The molecular weight excluding hydrogens is 410 g/mol. The topological polar surface area (TPSA) is 61.6 Å². The summed E-state index contributed by atoms with van der Waals surface area (Å²) in [6.45, 7) is 6.97. The molecule has 0 saturated carbocycles. The molecule has 0 aliphatic rings. The van der Waals surface area contributed by atoms with Crippen molar-refractivity contribution < 1.29 is 14.3 Å². The van der Waals surface area contributed by atoms with Crippen LogP contribution in [0.15, 0.2) is 66.7 Å². The van der Waals surface area contributed by atoms with Crippen molar-refractivity contribution in [1.29, 1.82) is 0 Å². The first-order valence-electron chi connectivity index (χ1n) is 11.8. The fourth-order valence-corrected chi connectivity index (χ4v) is 3.75. The number of carbonyl (C=O) groups excluding carboxylic acids is 1. The number of amides is 1. The van der Waals surface area contributed by atoms with Crippen molar-refractivity contribution in [3.63, 3.8) is 0 Å². The number of hydrogen-bond donors (Lipinski definition) is 1. The molecule has 1 atom stereocenters. The van der Waals surface area contributed by atoms with Crippen LogP contribution in [0.5, 0.6) is 11.5 Å². The number of carbonyl (C=O) groups is 1. The van der Waals surface area contributed by atoms with Crippen LogP contribution in [0.1, 0.15) is 77.7 Å². The van der Waals surface area contributed by atoms with Crippen LogP contribution >= 0.6 is 0 Å². The van der Waals surface area contributed by atoms with Crippen LogP contribution in [0.2, 0.25) is 0 Å². The Morgan fingerprint density at radius 3 is 2.18 bits per heavy atom. The molecule has 0 heterocycles. The van der Waals surface area contributed by atoms with E-state index in [1.165, 1.54) is 30.4 Å². The van der Waals surface area contributed by atoms with Gasteiger partial charge in [-0.05, 0) is 85.3 Å². The number of ether oxygens (including phenoxy) is 2. The number of unbranched alkanes of at least 4 members (excludes halogenated alkanes) is 3. The normalized spacial score (nSPS) is 11.7. The van der Waals surface area contributed by atoms with E-state index in [1.54, 1.807) is 12.1 Å². The van der Waals surface area contributed by atoms with Crippen LogP contribution in [0.4, 0.5) is 0 Å². The summed E-state index contributed by atoms with van der Waals surface area (Å²) in [5, 5.41) is 0. The lowest BCUT2D eigenvalue weighted by Crippen LogP contribution is -2.12. The van der Waals surface area contributed by atoms with E-state index >= 15 is 0 Å². The van der Waals surface area contributed by atoms with Gasteiger partial charge in [-0.25, -0.2) is 0 Å². The maximum Gasteiger partial charge on any atom is 0.248 e. The van der Waals surface area contributed by atoms with Crippen molar-refractivity contribution in [1.82, 2.24) is 0 Å². The molecule has 174 valence electrons. The Balaban J connectivity index is 1.64. The van der Waals surface area contributed by atoms with Crippen LogP contribution in [0.3, 0.4) is 0 Å². The van der Waals surface area contributed by atoms with Gasteiger partial charge in [0.05, 0.1) is 0 Å². The monoisotopic (exact) mass is 445 g/mol. The summed E-state index contributed by atoms with van der Waals surface area (Å²) in [4.78, 5) is 11.4. The molecule has 0 bridgehead atoms. The summed E-state index contributed by atoms with van der Waals surface area (Å²) in [6.07, 6.45) is 5.53. The largest absolute Gasteiger partial charge is 0.489 e. The molecule has 0 saturated heterocycles. The van der Waals surface area contributed by atoms with Crippen molar-refractivity contribution in [2.24, 2.45) is 5.73 Å². The Bertz CT molecular complexity index is 1030. The molecule has 3 aromatic rings. The van der Waals surface area contributed by atoms with Gasteiger partial charge >= 0.3 is 0 Å². The molecule has 0 aromatic heterocycles. The van der Waals surface area contributed by atoms with Crippen LogP contribution in [-0.2, 0) is 6.61 Å². The lowest BCUT2D eigenvalue weighted by atomic mass is 10.0. The lowest BCUT2D eigenvalue weighted by Gasteiger charge is -2.20. The van der Waals surface area contributed by atoms with Crippen molar-refractivity contribution in [2.75, 3.05) is 0 Å². The predicted octanol–water partition coefficient (Wildman–Crippen LogP) is 7.07. The SMILES string of the molecule is CCCCCCC(Oc1ccc(OCc2ccc(C)c(C)c2)cc1)c1ccc(C(N)=O)cc1. The van der Waals surface area contributed by atoms with E-state index in [1.807, 2.05) is 36.4 Å². The summed E-state index contributed by atoms with van der Waals surface area (Å²) >= 11 is 0. The molecule has 0 aliphatic carbocycles. The number of aryl methyl sites for hydroxylation is 2. The first kappa shape index (κ1) is 24.4. The van der Waals surface area contributed by atoms with Gasteiger partial charge in [-0.15, -0.1) is 0 Å². The van der Waals surface area contributed by atoms with Gasteiger partial charge < -0.3 is 15.2 Å². The van der Waals surface area contributed by atoms with Crippen LogP contribution < -0.4 is 15.2 Å². The molecule has 1 unspecified atom stereocenters. The number of primary amides is 1. The fraction of sp³-hybridized carbons (Fsp3) is 0.345. The Kier molecular flexibility index (Phi) is 8.94. The molecule has 3 rings (SSSR count). The average Bonchev–Trinajstić information content (AvgIpc) is 2.82. The number of nitrogens with two attached hydrogens (primary N) is 1. The third-order valence-electron chi connectivity index (χ3n) is 5.97. The van der Waals surface area contributed by atoms with E-state index in [-0.39, 0.29) is 6.10 Å². The third kappa shape index (κ3) is 7.38.